The van der Waals surface area contributed by atoms with Crippen LogP contribution in [0.5, 0.6) is 0 Å². The number of benzene rings is 1. The molecular formula is C9H5N3O. The Morgan fingerprint density at radius 2 is 2.31 bits per heavy atom. The van der Waals surface area contributed by atoms with Crippen LogP contribution in [0, 0.1) is 6.57 Å². The summed E-state index contributed by atoms with van der Waals surface area (Å²) < 4.78 is 0. The number of aromatic amines is 1. The maximum absolute atomic E-state index is 10.9. The first-order valence-electron chi connectivity index (χ1n) is 3.66. The Labute approximate surface area is 73.7 Å². The van der Waals surface area contributed by atoms with Gasteiger partial charge in [-0.1, -0.05) is 6.07 Å². The molecule has 0 radical (unpaired) electrons. The molecule has 0 aliphatic carbocycles. The van der Waals surface area contributed by atoms with Gasteiger partial charge in [-0.15, -0.1) is 0 Å². The minimum absolute atomic E-state index is 0.255. The third-order valence-corrected chi connectivity index (χ3v) is 1.69. The number of hydrogen-bond acceptors (Lipinski definition) is 2. The molecule has 4 heteroatoms. The molecule has 0 aliphatic heterocycles. The molecule has 0 fully saturated rings. The Morgan fingerprint density at radius 1 is 1.46 bits per heavy atom. The lowest BCUT2D eigenvalue weighted by molar-refractivity contribution is 1.22. The number of rotatable bonds is 0. The normalized spacial score (nSPS) is 9.77. The van der Waals surface area contributed by atoms with E-state index in [2.05, 4.69) is 14.8 Å². The van der Waals surface area contributed by atoms with Crippen LogP contribution in [0.1, 0.15) is 0 Å². The van der Waals surface area contributed by atoms with Crippen LogP contribution < -0.4 is 5.56 Å². The van der Waals surface area contributed by atoms with Gasteiger partial charge in [0.05, 0.1) is 23.8 Å². The van der Waals surface area contributed by atoms with Gasteiger partial charge in [0.25, 0.3) is 5.56 Å². The van der Waals surface area contributed by atoms with Crippen molar-refractivity contribution in [3.8, 4) is 0 Å². The van der Waals surface area contributed by atoms with Crippen molar-refractivity contribution in [2.75, 3.05) is 0 Å². The van der Waals surface area contributed by atoms with Gasteiger partial charge in [0, 0.05) is 0 Å². The van der Waals surface area contributed by atoms with E-state index in [-0.39, 0.29) is 5.56 Å². The molecule has 0 bridgehead atoms. The molecule has 0 saturated carbocycles. The van der Waals surface area contributed by atoms with Crippen LogP contribution in [0.3, 0.4) is 0 Å². The molecule has 0 saturated heterocycles. The van der Waals surface area contributed by atoms with Gasteiger partial charge in [-0.05, 0) is 12.1 Å². The average Bonchev–Trinajstić information content (AvgIpc) is 2.16. The van der Waals surface area contributed by atoms with Gasteiger partial charge in [0.15, 0.2) is 5.69 Å². The Hall–Kier alpha value is -2.15. The molecule has 2 aromatic rings. The fourth-order valence-corrected chi connectivity index (χ4v) is 1.10. The van der Waals surface area contributed by atoms with Gasteiger partial charge < -0.3 is 4.98 Å². The fourth-order valence-electron chi connectivity index (χ4n) is 1.10. The molecule has 1 heterocycles. The number of hydrogen-bond donors (Lipinski definition) is 1. The molecule has 0 amide bonds. The number of nitrogens with zero attached hydrogens (tertiary/aromatic N) is 2. The Kier molecular flexibility index (Phi) is 1.57. The van der Waals surface area contributed by atoms with E-state index in [1.165, 1.54) is 6.20 Å². The predicted molar refractivity (Wildman–Crippen MR) is 48.6 cm³/mol. The lowest BCUT2D eigenvalue weighted by atomic mass is 10.3. The van der Waals surface area contributed by atoms with Crippen LogP contribution in [-0.4, -0.2) is 9.97 Å². The monoisotopic (exact) mass is 171 g/mol. The van der Waals surface area contributed by atoms with Crippen LogP contribution >= 0.6 is 0 Å². The molecule has 1 aromatic carbocycles. The third kappa shape index (κ3) is 1.27. The van der Waals surface area contributed by atoms with Crippen molar-refractivity contribution in [3.05, 3.63) is 46.2 Å². The van der Waals surface area contributed by atoms with Crippen molar-refractivity contribution < 1.29 is 0 Å². The average molecular weight is 171 g/mol. The first-order chi connectivity index (χ1) is 6.29. The van der Waals surface area contributed by atoms with Gasteiger partial charge in [0.2, 0.25) is 0 Å². The number of nitrogens with one attached hydrogen (secondary N) is 1. The van der Waals surface area contributed by atoms with Crippen LogP contribution in [0.15, 0.2) is 29.2 Å². The first kappa shape index (κ1) is 7.50. The minimum atomic E-state index is -0.255. The summed E-state index contributed by atoms with van der Waals surface area (Å²) in [5.74, 6) is 0. The number of H-pyrrole nitrogens is 1. The lowest BCUT2D eigenvalue weighted by Crippen LogP contribution is -2.04. The zero-order valence-corrected chi connectivity index (χ0v) is 6.61. The maximum atomic E-state index is 10.9. The quantitative estimate of drug-likeness (QED) is 0.610. The second kappa shape index (κ2) is 2.72. The molecule has 0 spiro atoms. The van der Waals surface area contributed by atoms with Crippen molar-refractivity contribution in [3.63, 3.8) is 0 Å². The predicted octanol–water partition coefficient (Wildman–Crippen LogP) is 1.47. The Bertz CT molecular complexity index is 551. The van der Waals surface area contributed by atoms with Crippen LogP contribution in [0.4, 0.5) is 5.69 Å². The highest BCUT2D eigenvalue weighted by Gasteiger charge is 1.96. The van der Waals surface area contributed by atoms with E-state index in [1.54, 1.807) is 18.2 Å². The molecule has 1 N–H and O–H groups in total. The van der Waals surface area contributed by atoms with Gasteiger partial charge in [-0.3, -0.25) is 4.79 Å². The van der Waals surface area contributed by atoms with Crippen molar-refractivity contribution in [1.29, 1.82) is 0 Å². The fraction of sp³-hybridized carbons (Fsp3) is 0. The van der Waals surface area contributed by atoms with E-state index in [0.29, 0.717) is 16.7 Å². The largest absolute Gasteiger partial charge is 0.320 e. The van der Waals surface area contributed by atoms with Crippen LogP contribution in [0.2, 0.25) is 0 Å². The highest BCUT2D eigenvalue weighted by atomic mass is 16.1. The summed E-state index contributed by atoms with van der Waals surface area (Å²) in [6.45, 7) is 6.79. The number of aromatic nitrogens is 2. The highest BCUT2D eigenvalue weighted by Crippen LogP contribution is 2.16. The Balaban J connectivity index is 2.84. The van der Waals surface area contributed by atoms with Crippen LogP contribution in [0.25, 0.3) is 15.9 Å². The molecule has 2 rings (SSSR count). The molecule has 4 nitrogen and oxygen atoms in total. The summed E-state index contributed by atoms with van der Waals surface area (Å²) in [5, 5.41) is 0. The smallest absolute Gasteiger partial charge is 0.266 e. The van der Waals surface area contributed by atoms with Gasteiger partial charge in [-0.25, -0.2) is 9.83 Å². The van der Waals surface area contributed by atoms with E-state index in [0.717, 1.165) is 0 Å². The highest BCUT2D eigenvalue weighted by molar-refractivity contribution is 5.78. The topological polar surface area (TPSA) is 50.1 Å². The summed E-state index contributed by atoms with van der Waals surface area (Å²) >= 11 is 0. The van der Waals surface area contributed by atoms with Gasteiger partial charge in [-0.2, -0.15) is 0 Å². The zero-order chi connectivity index (χ0) is 9.26. The van der Waals surface area contributed by atoms with Crippen molar-refractivity contribution in [1.82, 2.24) is 9.97 Å². The lowest BCUT2D eigenvalue weighted by Gasteiger charge is -1.95. The minimum Gasteiger partial charge on any atom is -0.320 e. The summed E-state index contributed by atoms with van der Waals surface area (Å²) in [7, 11) is 0. The van der Waals surface area contributed by atoms with Crippen molar-refractivity contribution >= 4 is 16.7 Å². The van der Waals surface area contributed by atoms with Crippen molar-refractivity contribution in [2.45, 2.75) is 0 Å². The first-order valence-corrected chi connectivity index (χ1v) is 3.66. The number of fused-ring (bicyclic) bond motifs is 1. The molecule has 1 aromatic heterocycles. The van der Waals surface area contributed by atoms with E-state index in [1.807, 2.05) is 0 Å². The van der Waals surface area contributed by atoms with Crippen LogP contribution in [-0.2, 0) is 0 Å². The van der Waals surface area contributed by atoms with E-state index >= 15 is 0 Å². The molecule has 13 heavy (non-hydrogen) atoms. The molecule has 0 aliphatic rings. The van der Waals surface area contributed by atoms with E-state index in [4.69, 9.17) is 6.57 Å². The summed E-state index contributed by atoms with van der Waals surface area (Å²) in [6, 6.07) is 4.98. The maximum Gasteiger partial charge on any atom is 0.266 e. The molecule has 62 valence electrons. The van der Waals surface area contributed by atoms with Gasteiger partial charge in [0.1, 0.15) is 0 Å². The second-order valence-electron chi connectivity index (χ2n) is 2.56. The Morgan fingerprint density at radius 3 is 3.08 bits per heavy atom. The third-order valence-electron chi connectivity index (χ3n) is 1.69. The summed E-state index contributed by atoms with van der Waals surface area (Å²) in [4.78, 5) is 20.7. The zero-order valence-electron chi connectivity index (χ0n) is 6.61. The summed E-state index contributed by atoms with van der Waals surface area (Å²) in [6.07, 6.45) is 1.22. The van der Waals surface area contributed by atoms with Crippen molar-refractivity contribution in [2.24, 2.45) is 0 Å². The SMILES string of the molecule is [C-]#[N+]c1ccc2ncc(=O)[nH]c2c1. The molecule has 0 unspecified atom stereocenters. The molecular weight excluding hydrogens is 166 g/mol. The van der Waals surface area contributed by atoms with Gasteiger partial charge >= 0.3 is 0 Å². The standard InChI is InChI=1S/C9H5N3O/c1-10-6-2-3-7-8(4-6)12-9(13)5-11-7/h2-5H,(H,12,13). The molecule has 0 atom stereocenters. The van der Waals surface area contributed by atoms with E-state index in [9.17, 15) is 4.79 Å². The second-order valence-corrected chi connectivity index (χ2v) is 2.56. The van der Waals surface area contributed by atoms with E-state index < -0.39 is 0 Å². The summed E-state index contributed by atoms with van der Waals surface area (Å²) in [5.41, 5.74) is 1.53.